The lowest BCUT2D eigenvalue weighted by Crippen LogP contribution is -2.35. The fourth-order valence-corrected chi connectivity index (χ4v) is 6.68. The van der Waals surface area contributed by atoms with Crippen LogP contribution in [0.1, 0.15) is 85.5 Å². The number of alkyl halides is 1. The number of rotatable bonds is 7. The molecule has 0 radical (unpaired) electrons. The SMILES string of the molecule is C=C1CC[C@H](OC(=O)CBr)C/C1=C\C=C1\CCC[C@@]2(C)C1CC[C@@H]2[C@H](C)/C=C/CC(C)(C)O. The Kier molecular flexibility index (Phi) is 8.88. The first kappa shape index (κ1) is 26.5. The van der Waals surface area contributed by atoms with E-state index in [1.54, 1.807) is 5.57 Å². The highest BCUT2D eigenvalue weighted by molar-refractivity contribution is 9.09. The van der Waals surface area contributed by atoms with E-state index in [1.807, 2.05) is 13.8 Å². The Hall–Kier alpha value is -1.13. The molecule has 3 rings (SSSR count). The number of esters is 1. The molecule has 0 bridgehead atoms. The standard InChI is InChI=1S/C29H43BrO3/c1-20-10-13-24(33-27(31)19-30)18-23(20)12-11-22-9-7-17-29(5)25(14-15-26(22)29)21(2)8-6-16-28(3,4)32/h6,8,11-12,21,24-26,32H,1,7,9-10,13-19H2,2-5H3/b8-6+,22-11-,23-12+/t21-,24+,25-,26?,29-/m1/s1. The van der Waals surface area contributed by atoms with Gasteiger partial charge in [-0.15, -0.1) is 0 Å². The summed E-state index contributed by atoms with van der Waals surface area (Å²) in [5.41, 5.74) is 3.73. The largest absolute Gasteiger partial charge is 0.461 e. The molecule has 0 spiro atoms. The molecule has 0 aromatic heterocycles. The van der Waals surface area contributed by atoms with Crippen molar-refractivity contribution < 1.29 is 14.6 Å². The highest BCUT2D eigenvalue weighted by atomic mass is 79.9. The van der Waals surface area contributed by atoms with Crippen molar-refractivity contribution in [1.82, 2.24) is 0 Å². The van der Waals surface area contributed by atoms with Crippen LogP contribution in [0, 0.1) is 23.2 Å². The van der Waals surface area contributed by atoms with Gasteiger partial charge >= 0.3 is 5.97 Å². The molecule has 0 saturated heterocycles. The average molecular weight is 520 g/mol. The second-order valence-electron chi connectivity index (χ2n) is 11.4. The van der Waals surface area contributed by atoms with E-state index < -0.39 is 5.60 Å². The number of halogens is 1. The van der Waals surface area contributed by atoms with Crippen LogP contribution in [0.5, 0.6) is 0 Å². The van der Waals surface area contributed by atoms with Gasteiger partial charge < -0.3 is 9.84 Å². The van der Waals surface area contributed by atoms with Crippen LogP contribution < -0.4 is 0 Å². The van der Waals surface area contributed by atoms with E-state index in [-0.39, 0.29) is 17.4 Å². The van der Waals surface area contributed by atoms with Crippen molar-refractivity contribution in [3.05, 3.63) is 47.6 Å². The first-order chi connectivity index (χ1) is 15.5. The van der Waals surface area contributed by atoms with Crippen molar-refractivity contribution in [3.8, 4) is 0 Å². The van der Waals surface area contributed by atoms with Crippen LogP contribution in [-0.4, -0.2) is 28.1 Å². The Morgan fingerprint density at radius 1 is 1.30 bits per heavy atom. The zero-order valence-electron chi connectivity index (χ0n) is 21.0. The van der Waals surface area contributed by atoms with Crippen LogP contribution in [0.4, 0.5) is 0 Å². The highest BCUT2D eigenvalue weighted by Gasteiger charge is 2.50. The van der Waals surface area contributed by atoms with E-state index in [4.69, 9.17) is 4.74 Å². The number of aliphatic hydroxyl groups is 1. The molecule has 1 unspecified atom stereocenters. The summed E-state index contributed by atoms with van der Waals surface area (Å²) in [5.74, 6) is 1.69. The lowest BCUT2D eigenvalue weighted by molar-refractivity contribution is -0.146. The molecule has 3 aliphatic carbocycles. The molecule has 4 heteroatoms. The molecule has 0 aromatic carbocycles. The van der Waals surface area contributed by atoms with Gasteiger partial charge in [0.2, 0.25) is 0 Å². The van der Waals surface area contributed by atoms with Crippen LogP contribution >= 0.6 is 15.9 Å². The van der Waals surface area contributed by atoms with Gasteiger partial charge in [0.1, 0.15) is 11.4 Å². The lowest BCUT2D eigenvalue weighted by Gasteiger charge is -2.44. The van der Waals surface area contributed by atoms with Crippen LogP contribution in [0.25, 0.3) is 0 Å². The maximum atomic E-state index is 11.7. The minimum Gasteiger partial charge on any atom is -0.461 e. The van der Waals surface area contributed by atoms with E-state index in [0.717, 1.165) is 19.3 Å². The maximum Gasteiger partial charge on any atom is 0.316 e. The third-order valence-electron chi connectivity index (χ3n) is 8.31. The molecule has 3 saturated carbocycles. The van der Waals surface area contributed by atoms with Crippen molar-refractivity contribution in [3.63, 3.8) is 0 Å². The van der Waals surface area contributed by atoms with Crippen molar-refractivity contribution in [2.24, 2.45) is 23.2 Å². The first-order valence-electron chi connectivity index (χ1n) is 12.8. The third kappa shape index (κ3) is 6.72. The van der Waals surface area contributed by atoms with Gasteiger partial charge in [-0.05, 0) is 94.0 Å². The molecule has 1 N–H and O–H groups in total. The predicted octanol–water partition coefficient (Wildman–Crippen LogP) is 7.46. The van der Waals surface area contributed by atoms with E-state index >= 15 is 0 Å². The van der Waals surface area contributed by atoms with Crippen LogP contribution in [0.15, 0.2) is 47.6 Å². The number of carbonyl (C=O) groups excluding carboxylic acids is 1. The van der Waals surface area contributed by atoms with Crippen LogP contribution in [-0.2, 0) is 9.53 Å². The number of allylic oxidation sites excluding steroid dienone is 5. The minimum atomic E-state index is -0.638. The zero-order chi connectivity index (χ0) is 24.2. The quantitative estimate of drug-likeness (QED) is 0.216. The minimum absolute atomic E-state index is 0.0331. The van der Waals surface area contributed by atoms with E-state index in [0.29, 0.717) is 29.6 Å². The molecule has 3 fully saturated rings. The van der Waals surface area contributed by atoms with Gasteiger partial charge in [0.25, 0.3) is 0 Å². The fraction of sp³-hybridized carbons (Fsp3) is 0.690. The first-order valence-corrected chi connectivity index (χ1v) is 13.9. The highest BCUT2D eigenvalue weighted by Crippen LogP contribution is 2.59. The molecule has 0 heterocycles. The summed E-state index contributed by atoms with van der Waals surface area (Å²) >= 11 is 3.19. The van der Waals surface area contributed by atoms with Gasteiger partial charge in [0.15, 0.2) is 0 Å². The zero-order valence-corrected chi connectivity index (χ0v) is 22.6. The molecular weight excluding hydrogens is 476 g/mol. The summed E-state index contributed by atoms with van der Waals surface area (Å²) in [6.45, 7) is 12.9. The summed E-state index contributed by atoms with van der Waals surface area (Å²) < 4.78 is 5.58. The molecule has 0 aromatic rings. The number of fused-ring (bicyclic) bond motifs is 1. The van der Waals surface area contributed by atoms with E-state index in [1.165, 1.54) is 43.3 Å². The number of ether oxygens (including phenoxy) is 1. The number of carbonyl (C=O) groups is 1. The maximum absolute atomic E-state index is 11.7. The Labute approximate surface area is 209 Å². The lowest BCUT2D eigenvalue weighted by atomic mass is 9.61. The third-order valence-corrected chi connectivity index (χ3v) is 8.76. The van der Waals surface area contributed by atoms with Crippen molar-refractivity contribution in [1.29, 1.82) is 0 Å². The number of hydrogen-bond donors (Lipinski definition) is 1. The van der Waals surface area contributed by atoms with E-state index in [2.05, 4.69) is 60.7 Å². The Morgan fingerprint density at radius 3 is 2.76 bits per heavy atom. The molecule has 33 heavy (non-hydrogen) atoms. The fourth-order valence-electron chi connectivity index (χ4n) is 6.55. The van der Waals surface area contributed by atoms with Gasteiger partial charge in [0.05, 0.1) is 5.60 Å². The van der Waals surface area contributed by atoms with Gasteiger partial charge in [-0.25, -0.2) is 0 Å². The Bertz CT molecular complexity index is 815. The van der Waals surface area contributed by atoms with E-state index in [9.17, 15) is 9.90 Å². The summed E-state index contributed by atoms with van der Waals surface area (Å²) in [4.78, 5) is 11.7. The summed E-state index contributed by atoms with van der Waals surface area (Å²) in [6.07, 6.45) is 18.7. The van der Waals surface area contributed by atoms with Gasteiger partial charge in [0, 0.05) is 6.42 Å². The monoisotopic (exact) mass is 518 g/mol. The normalized spacial score (nSPS) is 34.1. The Morgan fingerprint density at radius 2 is 2.06 bits per heavy atom. The van der Waals surface area contributed by atoms with Crippen molar-refractivity contribution in [2.45, 2.75) is 97.2 Å². The van der Waals surface area contributed by atoms with Crippen molar-refractivity contribution in [2.75, 3.05) is 5.33 Å². The molecule has 184 valence electrons. The number of hydrogen-bond acceptors (Lipinski definition) is 3. The molecule has 0 aliphatic heterocycles. The summed E-state index contributed by atoms with van der Waals surface area (Å²) in [7, 11) is 0. The van der Waals surface area contributed by atoms with Crippen molar-refractivity contribution >= 4 is 21.9 Å². The van der Waals surface area contributed by atoms with Gasteiger partial charge in [-0.3, -0.25) is 4.79 Å². The summed E-state index contributed by atoms with van der Waals surface area (Å²) in [6, 6.07) is 0. The topological polar surface area (TPSA) is 46.5 Å². The second-order valence-corrected chi connectivity index (χ2v) is 12.0. The molecule has 3 aliphatic rings. The Balaban J connectivity index is 1.71. The van der Waals surface area contributed by atoms with Gasteiger partial charge in [-0.1, -0.05) is 71.8 Å². The predicted molar refractivity (Wildman–Crippen MR) is 140 cm³/mol. The molecule has 0 amide bonds. The molecule has 5 atom stereocenters. The molecule has 3 nitrogen and oxygen atoms in total. The summed E-state index contributed by atoms with van der Waals surface area (Å²) in [5, 5.41) is 10.3. The van der Waals surface area contributed by atoms with Gasteiger partial charge in [-0.2, -0.15) is 0 Å². The smallest absolute Gasteiger partial charge is 0.316 e. The van der Waals surface area contributed by atoms with Crippen LogP contribution in [0.2, 0.25) is 0 Å². The van der Waals surface area contributed by atoms with Crippen LogP contribution in [0.3, 0.4) is 0 Å². The molecular formula is C29H43BrO3. The average Bonchev–Trinajstić information content (AvgIpc) is 3.10. The second kappa shape index (κ2) is 11.1.